The monoisotopic (exact) mass is 616 g/mol. The van der Waals surface area contributed by atoms with Gasteiger partial charge in [-0.05, 0) is 87.3 Å². The quantitative estimate of drug-likeness (QED) is 0.174. The standard InChI is InChI=1S/C31H39F3N6O4/c1-18(22-13-23(31(32,33)34)15-24(35)14-22)37-29-26-16-25(21-7-9-40(10-8-21)20(3)41)28(17-27(26)38-19(2)39-29)43-11-5-4-6-12-44-30(36)42/h13-18,21H,4-12,35H2,1-3H3,(H2,36,42)(H,37,38,39). The van der Waals surface area contributed by atoms with E-state index in [1.54, 1.807) is 20.8 Å². The molecule has 4 rings (SSSR count). The number of anilines is 2. The highest BCUT2D eigenvalue weighted by molar-refractivity contribution is 5.91. The van der Waals surface area contributed by atoms with E-state index in [2.05, 4.69) is 15.3 Å². The third-order valence-electron chi connectivity index (χ3n) is 7.77. The number of nitrogens with one attached hydrogen (secondary N) is 1. The van der Waals surface area contributed by atoms with Gasteiger partial charge in [0.2, 0.25) is 5.91 Å². The van der Waals surface area contributed by atoms with Crippen LogP contribution in [0, 0.1) is 6.92 Å². The molecule has 2 heterocycles. The van der Waals surface area contributed by atoms with Gasteiger partial charge in [-0.25, -0.2) is 14.8 Å². The molecule has 1 aromatic heterocycles. The summed E-state index contributed by atoms with van der Waals surface area (Å²) in [6, 6.07) is 6.85. The van der Waals surface area contributed by atoms with Crippen LogP contribution in [0.4, 0.5) is 29.5 Å². The van der Waals surface area contributed by atoms with Crippen molar-refractivity contribution in [2.24, 2.45) is 5.73 Å². The summed E-state index contributed by atoms with van der Waals surface area (Å²) in [6.45, 7) is 7.01. The zero-order chi connectivity index (χ0) is 32.0. The number of benzene rings is 2. The number of primary amides is 1. The Bertz CT molecular complexity index is 1490. The molecule has 0 aliphatic carbocycles. The van der Waals surface area contributed by atoms with Gasteiger partial charge >= 0.3 is 12.3 Å². The van der Waals surface area contributed by atoms with Gasteiger partial charge in [0.25, 0.3) is 0 Å². The first-order valence-electron chi connectivity index (χ1n) is 14.7. The van der Waals surface area contributed by atoms with Crippen LogP contribution >= 0.6 is 0 Å². The average molecular weight is 617 g/mol. The number of halogens is 3. The molecule has 238 valence electrons. The predicted octanol–water partition coefficient (Wildman–Crippen LogP) is 6.08. The molecule has 0 spiro atoms. The number of aromatic nitrogens is 2. The first-order valence-corrected chi connectivity index (χ1v) is 14.7. The summed E-state index contributed by atoms with van der Waals surface area (Å²) in [6.07, 6.45) is -1.64. The fraction of sp³-hybridized carbons (Fsp3) is 0.484. The van der Waals surface area contributed by atoms with E-state index in [1.165, 1.54) is 6.07 Å². The van der Waals surface area contributed by atoms with Crippen LogP contribution in [0.25, 0.3) is 10.9 Å². The van der Waals surface area contributed by atoms with Crippen molar-refractivity contribution in [1.29, 1.82) is 0 Å². The highest BCUT2D eigenvalue weighted by Crippen LogP contribution is 2.39. The molecule has 1 saturated heterocycles. The molecule has 3 aromatic rings. The van der Waals surface area contributed by atoms with Crippen LogP contribution in [0.15, 0.2) is 30.3 Å². The predicted molar refractivity (Wildman–Crippen MR) is 161 cm³/mol. The van der Waals surface area contributed by atoms with Crippen LogP contribution < -0.4 is 21.5 Å². The topological polar surface area (TPSA) is 146 Å². The van der Waals surface area contributed by atoms with Gasteiger partial charge in [-0.2, -0.15) is 13.2 Å². The lowest BCUT2D eigenvalue weighted by Gasteiger charge is -2.32. The van der Waals surface area contributed by atoms with Gasteiger partial charge in [-0.15, -0.1) is 0 Å². The number of carbonyl (C=O) groups is 2. The van der Waals surface area contributed by atoms with Crippen molar-refractivity contribution in [2.45, 2.75) is 71.0 Å². The first kappa shape index (κ1) is 32.6. The summed E-state index contributed by atoms with van der Waals surface area (Å²) < 4.78 is 51.5. The van der Waals surface area contributed by atoms with Gasteiger partial charge in [-0.3, -0.25) is 4.79 Å². The Kier molecular flexibility index (Phi) is 10.4. The molecule has 1 aliphatic rings. The molecule has 1 atom stereocenters. The Balaban J connectivity index is 1.63. The van der Waals surface area contributed by atoms with E-state index in [0.29, 0.717) is 60.0 Å². The number of piperidine rings is 1. The summed E-state index contributed by atoms with van der Waals surface area (Å²) in [7, 11) is 0. The van der Waals surface area contributed by atoms with Gasteiger partial charge in [0.1, 0.15) is 17.4 Å². The molecule has 0 saturated carbocycles. The van der Waals surface area contributed by atoms with Gasteiger partial charge in [0.15, 0.2) is 0 Å². The molecule has 10 nitrogen and oxygen atoms in total. The smallest absolute Gasteiger partial charge is 0.416 e. The summed E-state index contributed by atoms with van der Waals surface area (Å²) in [5.74, 6) is 1.81. The van der Waals surface area contributed by atoms with Crippen molar-refractivity contribution in [3.05, 3.63) is 52.8 Å². The van der Waals surface area contributed by atoms with Crippen LogP contribution in [0.3, 0.4) is 0 Å². The third kappa shape index (κ3) is 8.42. The Morgan fingerprint density at radius 1 is 1.07 bits per heavy atom. The number of ether oxygens (including phenoxy) is 2. The van der Waals surface area contributed by atoms with E-state index in [1.807, 2.05) is 17.0 Å². The van der Waals surface area contributed by atoms with Crippen LogP contribution in [0.1, 0.15) is 80.4 Å². The number of nitrogens with zero attached hydrogens (tertiary/aromatic N) is 3. The normalized spacial score (nSPS) is 14.8. The zero-order valence-electron chi connectivity index (χ0n) is 25.2. The number of carbonyl (C=O) groups excluding carboxylic acids is 2. The van der Waals surface area contributed by atoms with E-state index in [4.69, 9.17) is 20.9 Å². The summed E-state index contributed by atoms with van der Waals surface area (Å²) in [5.41, 5.74) is 12.0. The highest BCUT2D eigenvalue weighted by atomic mass is 19.4. The van der Waals surface area contributed by atoms with Gasteiger partial charge in [-0.1, -0.05) is 0 Å². The molecular weight excluding hydrogens is 577 g/mol. The molecule has 1 fully saturated rings. The first-order chi connectivity index (χ1) is 20.8. The number of hydrogen-bond acceptors (Lipinski definition) is 8. The Morgan fingerprint density at radius 2 is 1.77 bits per heavy atom. The third-order valence-corrected chi connectivity index (χ3v) is 7.77. The van der Waals surface area contributed by atoms with E-state index in [-0.39, 0.29) is 24.1 Å². The molecule has 1 aliphatic heterocycles. The minimum Gasteiger partial charge on any atom is -0.493 e. The number of nitrogens with two attached hydrogens (primary N) is 2. The molecule has 0 radical (unpaired) electrons. The minimum absolute atomic E-state index is 0.0218. The lowest BCUT2D eigenvalue weighted by molar-refractivity contribution is -0.137. The summed E-state index contributed by atoms with van der Waals surface area (Å²) >= 11 is 0. The van der Waals surface area contributed by atoms with Crippen LogP contribution in [-0.4, -0.2) is 53.2 Å². The molecule has 5 N–H and O–H groups in total. The van der Waals surface area contributed by atoms with Gasteiger partial charge in [0.05, 0.1) is 30.3 Å². The van der Waals surface area contributed by atoms with Crippen molar-refractivity contribution in [3.63, 3.8) is 0 Å². The molecule has 2 aromatic carbocycles. The lowest BCUT2D eigenvalue weighted by Crippen LogP contribution is -2.36. The van der Waals surface area contributed by atoms with Gasteiger partial charge < -0.3 is 31.2 Å². The SMILES string of the molecule is CC(=O)N1CCC(c2cc3c(NC(C)c4cc(N)cc(C(F)(F)F)c4)nc(C)nc3cc2OCCCCCOC(N)=O)CC1. The molecule has 0 bridgehead atoms. The fourth-order valence-electron chi connectivity index (χ4n) is 5.46. The van der Waals surface area contributed by atoms with E-state index < -0.39 is 23.9 Å². The molecule has 44 heavy (non-hydrogen) atoms. The maximum absolute atomic E-state index is 13.5. The number of likely N-dealkylation sites (tertiary alicyclic amines) is 1. The Hall–Kier alpha value is -4.29. The maximum atomic E-state index is 13.5. The van der Waals surface area contributed by atoms with Crippen LogP contribution in [-0.2, 0) is 15.7 Å². The summed E-state index contributed by atoms with van der Waals surface area (Å²) in [4.78, 5) is 33.8. The second-order valence-corrected chi connectivity index (χ2v) is 11.1. The van der Waals surface area contributed by atoms with E-state index in [9.17, 15) is 22.8 Å². The van der Waals surface area contributed by atoms with Crippen molar-refractivity contribution >= 4 is 34.4 Å². The second kappa shape index (κ2) is 14.0. The number of rotatable bonds is 11. The average Bonchev–Trinajstić information content (AvgIpc) is 2.95. The molecule has 1 unspecified atom stereocenters. The van der Waals surface area contributed by atoms with Crippen molar-refractivity contribution in [2.75, 3.05) is 37.4 Å². The lowest BCUT2D eigenvalue weighted by atomic mass is 9.88. The number of alkyl halides is 3. The highest BCUT2D eigenvalue weighted by Gasteiger charge is 2.32. The van der Waals surface area contributed by atoms with E-state index in [0.717, 1.165) is 43.4 Å². The largest absolute Gasteiger partial charge is 0.493 e. The van der Waals surface area contributed by atoms with Crippen LogP contribution in [0.2, 0.25) is 0 Å². The zero-order valence-corrected chi connectivity index (χ0v) is 25.2. The number of fused-ring (bicyclic) bond motifs is 1. The number of nitrogen functional groups attached to an aromatic ring is 1. The molecule has 2 amide bonds. The van der Waals surface area contributed by atoms with Crippen molar-refractivity contribution in [3.8, 4) is 5.75 Å². The minimum atomic E-state index is -4.53. The van der Waals surface area contributed by atoms with Crippen molar-refractivity contribution in [1.82, 2.24) is 14.9 Å². The Labute approximate surface area is 254 Å². The molecular formula is C31H39F3N6O4. The van der Waals surface area contributed by atoms with Crippen molar-refractivity contribution < 1.29 is 32.2 Å². The summed E-state index contributed by atoms with van der Waals surface area (Å²) in [5, 5.41) is 4.00. The second-order valence-electron chi connectivity index (χ2n) is 11.1. The van der Waals surface area contributed by atoms with E-state index >= 15 is 0 Å². The van der Waals surface area contributed by atoms with Gasteiger partial charge in [0, 0.05) is 37.2 Å². The maximum Gasteiger partial charge on any atom is 0.416 e. The number of amides is 2. The number of unbranched alkanes of at least 4 members (excludes halogenated alkanes) is 2. The van der Waals surface area contributed by atoms with Crippen LogP contribution in [0.5, 0.6) is 5.75 Å². The Morgan fingerprint density at radius 3 is 2.43 bits per heavy atom. The number of hydrogen-bond donors (Lipinski definition) is 3. The number of aryl methyl sites for hydroxylation is 1. The fourth-order valence-corrected chi connectivity index (χ4v) is 5.46. The molecule has 13 heteroatoms.